The van der Waals surface area contributed by atoms with Gasteiger partial charge in [0, 0.05) is 13.1 Å². The third-order valence-corrected chi connectivity index (χ3v) is 8.32. The lowest BCUT2D eigenvalue weighted by molar-refractivity contribution is -0.143. The molecule has 0 saturated heterocycles. The van der Waals surface area contributed by atoms with Crippen molar-refractivity contribution >= 4 is 65.2 Å². The number of carboxylic acids is 2. The van der Waals surface area contributed by atoms with Gasteiger partial charge in [0.2, 0.25) is 41.4 Å². The molecule has 0 radical (unpaired) electrons. The molecule has 0 heterocycles. The van der Waals surface area contributed by atoms with Gasteiger partial charge in [-0.3, -0.25) is 48.3 Å². The van der Waals surface area contributed by atoms with Crippen molar-refractivity contribution in [2.75, 3.05) is 19.7 Å². The summed E-state index contributed by atoms with van der Waals surface area (Å²) in [5, 5.41) is 42.6. The van der Waals surface area contributed by atoms with Crippen molar-refractivity contribution in [3.63, 3.8) is 0 Å². The summed E-state index contributed by atoms with van der Waals surface area (Å²) in [6.45, 7) is 5.79. The first-order chi connectivity index (χ1) is 27.9. The molecule has 0 saturated carbocycles. The summed E-state index contributed by atoms with van der Waals surface area (Å²) in [5.74, 6) is -11.6. The molecular formula is C34H62N14O12. The van der Waals surface area contributed by atoms with Gasteiger partial charge in [0.15, 0.2) is 11.9 Å². The molecule has 7 atom stereocenters. The molecule has 0 aliphatic carbocycles. The molecule has 26 heteroatoms. The molecule has 0 aromatic carbocycles. The van der Waals surface area contributed by atoms with Crippen molar-refractivity contribution in [3.8, 4) is 0 Å². The van der Waals surface area contributed by atoms with Gasteiger partial charge in [-0.2, -0.15) is 0 Å². The quantitative estimate of drug-likeness (QED) is 0.0189. The predicted octanol–water partition coefficient (Wildman–Crippen LogP) is -6.54. The van der Waals surface area contributed by atoms with Gasteiger partial charge in [-0.1, -0.05) is 27.7 Å². The van der Waals surface area contributed by atoms with Crippen LogP contribution in [0.4, 0.5) is 0 Å². The minimum atomic E-state index is -1.95. The molecule has 60 heavy (non-hydrogen) atoms. The Balaban J connectivity index is 6.12. The predicted molar refractivity (Wildman–Crippen MR) is 214 cm³/mol. The van der Waals surface area contributed by atoms with E-state index in [1.807, 2.05) is 0 Å². The van der Waals surface area contributed by atoms with Crippen molar-refractivity contribution in [2.24, 2.45) is 56.2 Å². The minimum absolute atomic E-state index is 0.0460. The molecule has 0 aromatic heterocycles. The third-order valence-electron chi connectivity index (χ3n) is 8.32. The number of hydrogen-bond acceptors (Lipinski definition) is 13. The second kappa shape index (κ2) is 27.4. The van der Waals surface area contributed by atoms with E-state index < -0.39 is 121 Å². The topological polar surface area (TPSA) is 467 Å². The van der Waals surface area contributed by atoms with Crippen molar-refractivity contribution in [3.05, 3.63) is 0 Å². The molecule has 340 valence electrons. The number of amides is 7. The van der Waals surface area contributed by atoms with Crippen LogP contribution in [0, 0.1) is 11.8 Å². The maximum atomic E-state index is 13.6. The van der Waals surface area contributed by atoms with Crippen LogP contribution >= 0.6 is 0 Å². The summed E-state index contributed by atoms with van der Waals surface area (Å²) < 4.78 is 0. The van der Waals surface area contributed by atoms with E-state index in [1.165, 1.54) is 0 Å². The third kappa shape index (κ3) is 22.0. The number of nitrogens with one attached hydrogen (secondary N) is 6. The number of nitrogens with zero attached hydrogens (tertiary/aromatic N) is 2. The van der Waals surface area contributed by atoms with E-state index in [1.54, 1.807) is 27.7 Å². The Morgan fingerprint density at radius 2 is 0.983 bits per heavy atom. The van der Waals surface area contributed by atoms with Crippen LogP contribution in [0.3, 0.4) is 0 Å². The minimum Gasteiger partial charge on any atom is -0.481 e. The van der Waals surface area contributed by atoms with Crippen LogP contribution in [-0.4, -0.2) is 143 Å². The van der Waals surface area contributed by atoms with Crippen LogP contribution in [0.15, 0.2) is 9.98 Å². The molecule has 0 bridgehead atoms. The van der Waals surface area contributed by atoms with Crippen molar-refractivity contribution in [2.45, 2.75) is 115 Å². The summed E-state index contributed by atoms with van der Waals surface area (Å²) in [4.78, 5) is 123. The van der Waals surface area contributed by atoms with Crippen LogP contribution in [0.25, 0.3) is 0 Å². The molecule has 0 unspecified atom stereocenters. The number of hydrogen-bond donors (Lipinski definition) is 15. The van der Waals surface area contributed by atoms with Crippen molar-refractivity contribution in [1.29, 1.82) is 0 Å². The first-order valence-corrected chi connectivity index (χ1v) is 18.9. The average molecular weight is 859 g/mol. The second-order valence-corrected chi connectivity index (χ2v) is 14.5. The average Bonchev–Trinajstić information content (AvgIpc) is 3.13. The van der Waals surface area contributed by atoms with Gasteiger partial charge in [-0.05, 0) is 43.9 Å². The molecule has 26 nitrogen and oxygen atoms in total. The molecule has 0 aromatic rings. The zero-order chi connectivity index (χ0) is 46.3. The lowest BCUT2D eigenvalue weighted by Gasteiger charge is -2.28. The molecule has 0 aliphatic heterocycles. The maximum absolute atomic E-state index is 13.6. The Hall–Kier alpha value is -6.31. The zero-order valence-corrected chi connectivity index (χ0v) is 34.1. The molecule has 0 aliphatic rings. The smallest absolute Gasteiger partial charge is 0.326 e. The summed E-state index contributed by atoms with van der Waals surface area (Å²) in [6, 6.07) is -10.7. The highest BCUT2D eigenvalue weighted by molar-refractivity contribution is 5.99. The monoisotopic (exact) mass is 858 g/mol. The second-order valence-electron chi connectivity index (χ2n) is 14.5. The molecule has 0 rings (SSSR count). The van der Waals surface area contributed by atoms with Crippen molar-refractivity contribution < 1.29 is 58.5 Å². The van der Waals surface area contributed by atoms with E-state index in [2.05, 4.69) is 41.9 Å². The van der Waals surface area contributed by atoms with Crippen LogP contribution in [0.1, 0.15) is 72.6 Å². The van der Waals surface area contributed by atoms with E-state index in [0.717, 1.165) is 0 Å². The summed E-state index contributed by atoms with van der Waals surface area (Å²) in [7, 11) is 0. The van der Waals surface area contributed by atoms with Gasteiger partial charge < -0.3 is 81.6 Å². The SMILES string of the molecule is CC(C)C[C@H](NC(=O)[C@H](CC(N)=O)NC(=O)[C@H](CC(=O)O)NC(=O)[C@H](CO)NC(=O)[C@@H](N)CCCN=C(N)N)C(=O)N[C@H](C(=O)N[C@@H](CCCN=C(N)N)C(=O)O)C(C)C. The van der Waals surface area contributed by atoms with E-state index in [-0.39, 0.29) is 63.0 Å². The van der Waals surface area contributed by atoms with Crippen LogP contribution < -0.4 is 66.3 Å². The number of nitrogens with two attached hydrogens (primary N) is 6. The summed E-state index contributed by atoms with van der Waals surface area (Å²) >= 11 is 0. The molecule has 7 amide bonds. The Morgan fingerprint density at radius 3 is 1.42 bits per heavy atom. The molecule has 21 N–H and O–H groups in total. The van der Waals surface area contributed by atoms with Gasteiger partial charge in [0.1, 0.15) is 36.3 Å². The summed E-state index contributed by atoms with van der Waals surface area (Å²) in [6.07, 6.45) is -1.49. The van der Waals surface area contributed by atoms with Gasteiger partial charge in [-0.25, -0.2) is 4.79 Å². The fourth-order valence-electron chi connectivity index (χ4n) is 5.25. The van der Waals surface area contributed by atoms with E-state index in [0.29, 0.717) is 0 Å². The van der Waals surface area contributed by atoms with Gasteiger partial charge in [0.05, 0.1) is 25.5 Å². The van der Waals surface area contributed by atoms with Gasteiger partial charge in [0.25, 0.3) is 0 Å². The van der Waals surface area contributed by atoms with Gasteiger partial charge in [-0.15, -0.1) is 0 Å². The number of carbonyl (C=O) groups is 9. The first kappa shape index (κ1) is 53.7. The highest BCUT2D eigenvalue weighted by atomic mass is 16.4. The number of aliphatic carboxylic acids is 2. The first-order valence-electron chi connectivity index (χ1n) is 18.9. The lowest BCUT2D eigenvalue weighted by atomic mass is 9.99. The normalized spacial score (nSPS) is 14.4. The highest BCUT2D eigenvalue weighted by Gasteiger charge is 2.35. The molecular weight excluding hydrogens is 796 g/mol. The molecule has 0 fully saturated rings. The fraction of sp³-hybridized carbons (Fsp3) is 0.676. The standard InChI is InChI=1S/C34H62N14O12/c1-15(2)11-19(29(56)48-25(16(3)4)31(58)43-18(32(59)60)8-6-10-42-34(39)40)44-27(54)20(12-23(36)50)45-28(55)21(13-24(51)52)46-30(57)22(14-49)47-26(53)17(35)7-5-9-41-33(37)38/h15-22,25,49H,5-14,35H2,1-4H3,(H2,36,50)(H,43,58)(H,44,54)(H,45,55)(H,46,57)(H,47,53)(H,48,56)(H,51,52)(H,59,60)(H4,37,38,41)(H4,39,40,42)/t17-,18-,19-,20-,21-,22-,25-/m0/s1. The number of aliphatic imine (C=N–C) groups is 2. The Labute approximate surface area is 346 Å². The number of aliphatic hydroxyl groups excluding tert-OH is 1. The van der Waals surface area contributed by atoms with E-state index >= 15 is 0 Å². The number of aliphatic hydroxyl groups is 1. The number of rotatable bonds is 29. The Kier molecular flexibility index (Phi) is 24.5. The zero-order valence-electron chi connectivity index (χ0n) is 34.1. The Bertz CT molecular complexity index is 1570. The van der Waals surface area contributed by atoms with Crippen LogP contribution in [0.5, 0.6) is 0 Å². The van der Waals surface area contributed by atoms with Crippen LogP contribution in [-0.2, 0) is 43.2 Å². The van der Waals surface area contributed by atoms with E-state index in [9.17, 15) is 58.5 Å². The van der Waals surface area contributed by atoms with Gasteiger partial charge >= 0.3 is 11.9 Å². The summed E-state index contributed by atoms with van der Waals surface area (Å²) in [5.41, 5.74) is 32.2. The fourth-order valence-corrected chi connectivity index (χ4v) is 5.25. The van der Waals surface area contributed by atoms with Crippen LogP contribution in [0.2, 0.25) is 0 Å². The number of guanidine groups is 2. The molecule has 0 spiro atoms. The Morgan fingerprint density at radius 1 is 0.550 bits per heavy atom. The van der Waals surface area contributed by atoms with E-state index in [4.69, 9.17) is 34.4 Å². The number of carbonyl (C=O) groups excluding carboxylic acids is 7. The largest absolute Gasteiger partial charge is 0.481 e. The number of primary amides is 1. The van der Waals surface area contributed by atoms with Crippen molar-refractivity contribution in [1.82, 2.24) is 31.9 Å². The number of carboxylic acid groups (broad SMARTS) is 2. The lowest BCUT2D eigenvalue weighted by Crippen LogP contribution is -2.61. The maximum Gasteiger partial charge on any atom is 0.326 e. The highest BCUT2D eigenvalue weighted by Crippen LogP contribution is 2.10.